The number of hydrogen-bond donors (Lipinski definition) is 1. The molecule has 0 aliphatic carbocycles. The first-order valence-electron chi connectivity index (χ1n) is 7.82. The summed E-state index contributed by atoms with van der Waals surface area (Å²) in [4.78, 5) is 25.2. The number of methoxy groups -OCH3 is 1. The first kappa shape index (κ1) is 18.2. The van der Waals surface area contributed by atoms with Gasteiger partial charge in [-0.05, 0) is 41.6 Å². The Morgan fingerprint density at radius 1 is 1.23 bits per heavy atom. The largest absolute Gasteiger partial charge is 0.497 e. The lowest BCUT2D eigenvalue weighted by atomic mass is 10.1. The summed E-state index contributed by atoms with van der Waals surface area (Å²) >= 11 is 6.38. The van der Waals surface area contributed by atoms with Gasteiger partial charge in [0.15, 0.2) is 4.32 Å². The van der Waals surface area contributed by atoms with E-state index in [-0.39, 0.29) is 18.2 Å². The minimum absolute atomic E-state index is 0.173. The van der Waals surface area contributed by atoms with Crippen molar-refractivity contribution in [1.82, 2.24) is 10.4 Å². The van der Waals surface area contributed by atoms with Gasteiger partial charge in [0, 0.05) is 0 Å². The van der Waals surface area contributed by atoms with Crippen molar-refractivity contribution >= 4 is 46.2 Å². The van der Waals surface area contributed by atoms with Crippen molar-refractivity contribution in [2.24, 2.45) is 0 Å². The lowest BCUT2D eigenvalue weighted by Gasteiger charge is -2.15. The van der Waals surface area contributed by atoms with Crippen LogP contribution < -0.4 is 10.2 Å². The first-order chi connectivity index (χ1) is 12.6. The zero-order valence-electron chi connectivity index (χ0n) is 14.0. The molecule has 1 N–H and O–H groups in total. The molecule has 2 amide bonds. The van der Waals surface area contributed by atoms with Crippen LogP contribution in [0, 0.1) is 0 Å². The van der Waals surface area contributed by atoms with Crippen LogP contribution in [0.4, 0.5) is 0 Å². The number of rotatable bonds is 5. The fourth-order valence-electron chi connectivity index (χ4n) is 2.39. The summed E-state index contributed by atoms with van der Waals surface area (Å²) in [5, 5.41) is 1.12. The maximum Gasteiger partial charge on any atom is 0.285 e. The Kier molecular flexibility index (Phi) is 5.70. The zero-order chi connectivity index (χ0) is 18.5. The number of carbonyl (C=O) groups excluding carboxylic acids is 2. The second-order valence-electron chi connectivity index (χ2n) is 5.49. The van der Waals surface area contributed by atoms with Gasteiger partial charge in [-0.25, -0.2) is 0 Å². The summed E-state index contributed by atoms with van der Waals surface area (Å²) < 4.78 is 5.48. The van der Waals surface area contributed by atoms with E-state index in [0.717, 1.165) is 27.9 Å². The van der Waals surface area contributed by atoms with Gasteiger partial charge < -0.3 is 4.74 Å². The number of hydrazine groups is 1. The predicted octanol–water partition coefficient (Wildman–Crippen LogP) is 3.17. The molecule has 132 valence electrons. The van der Waals surface area contributed by atoms with E-state index in [0.29, 0.717) is 15.0 Å². The Morgan fingerprint density at radius 3 is 2.73 bits per heavy atom. The van der Waals surface area contributed by atoms with Crippen molar-refractivity contribution in [1.29, 1.82) is 0 Å². The van der Waals surface area contributed by atoms with E-state index in [2.05, 4.69) is 5.43 Å². The highest BCUT2D eigenvalue weighted by molar-refractivity contribution is 8.26. The maximum atomic E-state index is 12.6. The molecule has 1 fully saturated rings. The highest BCUT2D eigenvalue weighted by Crippen LogP contribution is 2.31. The summed E-state index contributed by atoms with van der Waals surface area (Å²) in [6, 6.07) is 16.7. The normalized spacial score (nSPS) is 15.4. The summed E-state index contributed by atoms with van der Waals surface area (Å²) in [5.74, 6) is 0.0600. The van der Waals surface area contributed by atoms with E-state index in [1.165, 1.54) is 0 Å². The number of hydrogen-bond acceptors (Lipinski definition) is 5. The summed E-state index contributed by atoms with van der Waals surface area (Å²) in [5.41, 5.74) is 4.27. The molecule has 5 nitrogen and oxygen atoms in total. The Morgan fingerprint density at radius 2 is 2.00 bits per heavy atom. The van der Waals surface area contributed by atoms with Gasteiger partial charge in [-0.15, -0.1) is 0 Å². The summed E-state index contributed by atoms with van der Waals surface area (Å²) in [6.07, 6.45) is 1.90. The van der Waals surface area contributed by atoms with Gasteiger partial charge in [0.25, 0.3) is 5.91 Å². The lowest BCUT2D eigenvalue weighted by Crippen LogP contribution is -2.45. The van der Waals surface area contributed by atoms with E-state index in [4.69, 9.17) is 17.0 Å². The van der Waals surface area contributed by atoms with E-state index in [1.54, 1.807) is 13.2 Å². The SMILES string of the molecule is COc1cccc(/C=C2/SC(=S)N(NC(=O)Cc3ccccc3)C2=O)c1. The Bertz CT molecular complexity index is 881. The van der Waals surface area contributed by atoms with Gasteiger partial charge in [0.05, 0.1) is 18.4 Å². The fourth-order valence-corrected chi connectivity index (χ4v) is 3.57. The highest BCUT2D eigenvalue weighted by atomic mass is 32.2. The number of nitrogens with one attached hydrogen (secondary N) is 1. The molecule has 0 spiro atoms. The molecule has 0 aromatic heterocycles. The molecule has 7 heteroatoms. The molecule has 0 unspecified atom stereocenters. The third-order valence-electron chi connectivity index (χ3n) is 3.63. The predicted molar refractivity (Wildman–Crippen MR) is 106 cm³/mol. The molecule has 2 aromatic carbocycles. The Balaban J connectivity index is 1.70. The van der Waals surface area contributed by atoms with Gasteiger partial charge >= 0.3 is 0 Å². The quantitative estimate of drug-likeness (QED) is 0.634. The van der Waals surface area contributed by atoms with Crippen LogP contribution in [0.1, 0.15) is 11.1 Å². The monoisotopic (exact) mass is 384 g/mol. The minimum Gasteiger partial charge on any atom is -0.497 e. The van der Waals surface area contributed by atoms with Crippen molar-refractivity contribution in [3.8, 4) is 5.75 Å². The molecule has 1 aliphatic heterocycles. The number of thiocarbonyl (C=S) groups is 1. The van der Waals surface area contributed by atoms with Gasteiger partial charge in [-0.1, -0.05) is 54.2 Å². The van der Waals surface area contributed by atoms with Crippen molar-refractivity contribution in [3.63, 3.8) is 0 Å². The molecular weight excluding hydrogens is 368 g/mol. The van der Waals surface area contributed by atoms with Crippen LogP contribution in [0.3, 0.4) is 0 Å². The molecule has 1 heterocycles. The second kappa shape index (κ2) is 8.16. The average molecular weight is 384 g/mol. The van der Waals surface area contributed by atoms with E-state index in [9.17, 15) is 9.59 Å². The molecule has 26 heavy (non-hydrogen) atoms. The van der Waals surface area contributed by atoms with Crippen molar-refractivity contribution in [2.45, 2.75) is 6.42 Å². The van der Waals surface area contributed by atoms with Gasteiger partial charge in [0.2, 0.25) is 5.91 Å². The molecule has 0 radical (unpaired) electrons. The van der Waals surface area contributed by atoms with E-state index in [1.807, 2.05) is 54.6 Å². The van der Waals surface area contributed by atoms with Gasteiger partial charge in [0.1, 0.15) is 5.75 Å². The van der Waals surface area contributed by atoms with Crippen molar-refractivity contribution < 1.29 is 14.3 Å². The van der Waals surface area contributed by atoms with Crippen LogP contribution >= 0.6 is 24.0 Å². The van der Waals surface area contributed by atoms with Crippen LogP contribution in [0.15, 0.2) is 59.5 Å². The van der Waals surface area contributed by atoms with Gasteiger partial charge in [-0.2, -0.15) is 5.01 Å². The third kappa shape index (κ3) is 4.30. The zero-order valence-corrected chi connectivity index (χ0v) is 15.6. The molecule has 1 saturated heterocycles. The molecule has 3 rings (SSSR count). The second-order valence-corrected chi connectivity index (χ2v) is 7.17. The minimum atomic E-state index is -0.343. The van der Waals surface area contributed by atoms with Crippen LogP contribution in [0.2, 0.25) is 0 Å². The Labute approximate surface area is 161 Å². The fraction of sp³-hybridized carbons (Fsp3) is 0.105. The van der Waals surface area contributed by atoms with Crippen molar-refractivity contribution in [2.75, 3.05) is 7.11 Å². The summed E-state index contributed by atoms with van der Waals surface area (Å²) in [6.45, 7) is 0. The molecule has 0 saturated carbocycles. The van der Waals surface area contributed by atoms with E-state index >= 15 is 0 Å². The number of thioether (sulfide) groups is 1. The molecule has 2 aromatic rings. The standard InChI is InChI=1S/C19H16N2O3S2/c1-24-15-9-5-8-14(10-15)11-16-18(23)21(19(25)26-16)20-17(22)12-13-6-3-2-4-7-13/h2-11H,12H2,1H3,(H,20,22)/b16-11+. The maximum absolute atomic E-state index is 12.6. The number of carbonyl (C=O) groups is 2. The topological polar surface area (TPSA) is 58.6 Å². The molecule has 1 aliphatic rings. The van der Waals surface area contributed by atoms with Crippen LogP contribution in [-0.4, -0.2) is 28.3 Å². The van der Waals surface area contributed by atoms with E-state index < -0.39 is 0 Å². The molecule has 0 bridgehead atoms. The molecule has 0 atom stereocenters. The van der Waals surface area contributed by atoms with Crippen molar-refractivity contribution in [3.05, 3.63) is 70.6 Å². The number of nitrogens with zero attached hydrogens (tertiary/aromatic N) is 1. The highest BCUT2D eigenvalue weighted by Gasteiger charge is 2.33. The lowest BCUT2D eigenvalue weighted by molar-refractivity contribution is -0.132. The smallest absolute Gasteiger partial charge is 0.285 e. The summed E-state index contributed by atoms with van der Waals surface area (Å²) in [7, 11) is 1.58. The van der Waals surface area contributed by atoms with Crippen LogP contribution in [0.25, 0.3) is 6.08 Å². The first-order valence-corrected chi connectivity index (χ1v) is 9.05. The third-order valence-corrected chi connectivity index (χ3v) is 4.93. The number of amides is 2. The molecular formula is C19H16N2O3S2. The van der Waals surface area contributed by atoms with Crippen LogP contribution in [0.5, 0.6) is 5.75 Å². The van der Waals surface area contributed by atoms with Crippen LogP contribution in [-0.2, 0) is 16.0 Å². The average Bonchev–Trinajstić information content (AvgIpc) is 2.90. The Hall–Kier alpha value is -2.64. The van der Waals surface area contributed by atoms with Gasteiger partial charge in [-0.3, -0.25) is 15.0 Å². The number of benzene rings is 2. The number of ether oxygens (including phenoxy) is 1.